The lowest BCUT2D eigenvalue weighted by molar-refractivity contribution is -0.120. The first-order chi connectivity index (χ1) is 11.6. The molecule has 1 N–H and O–H groups in total. The zero-order chi connectivity index (χ0) is 17.1. The molecule has 1 saturated heterocycles. The minimum absolute atomic E-state index is 0.0329. The van der Waals surface area contributed by atoms with Gasteiger partial charge in [-0.2, -0.15) is 5.10 Å². The molecule has 7 heteroatoms. The summed E-state index contributed by atoms with van der Waals surface area (Å²) in [5.41, 5.74) is 1.98. The average Bonchev–Trinajstić information content (AvgIpc) is 3.10. The molecule has 1 aromatic heterocycles. The summed E-state index contributed by atoms with van der Waals surface area (Å²) in [6.45, 7) is 2.90. The van der Waals surface area contributed by atoms with Crippen molar-refractivity contribution in [2.24, 2.45) is 0 Å². The molecule has 1 aromatic carbocycles. The maximum absolute atomic E-state index is 12.5. The van der Waals surface area contributed by atoms with E-state index in [4.69, 9.17) is 4.74 Å². The lowest BCUT2D eigenvalue weighted by Gasteiger charge is -2.34. The highest BCUT2D eigenvalue weighted by Gasteiger charge is 2.30. The molecule has 0 unspecified atom stereocenters. The van der Waals surface area contributed by atoms with Crippen LogP contribution in [0, 0.1) is 0 Å². The third-order valence-corrected chi connectivity index (χ3v) is 4.11. The fraction of sp³-hybridized carbons (Fsp3) is 0.353. The van der Waals surface area contributed by atoms with E-state index in [0.29, 0.717) is 24.5 Å². The number of carbonyl (C=O) groups excluding carboxylic acids is 2. The van der Waals surface area contributed by atoms with Gasteiger partial charge in [0.1, 0.15) is 18.0 Å². The van der Waals surface area contributed by atoms with Crippen LogP contribution in [-0.2, 0) is 11.2 Å². The van der Waals surface area contributed by atoms with E-state index in [1.165, 1.54) is 4.90 Å². The molecule has 7 nitrogen and oxygen atoms in total. The van der Waals surface area contributed by atoms with Crippen molar-refractivity contribution in [2.75, 3.05) is 31.6 Å². The van der Waals surface area contributed by atoms with Gasteiger partial charge in [0.05, 0.1) is 12.8 Å². The molecule has 2 amide bonds. The van der Waals surface area contributed by atoms with Gasteiger partial charge in [-0.25, -0.2) is 0 Å². The predicted octanol–water partition coefficient (Wildman–Crippen LogP) is 1.47. The highest BCUT2D eigenvalue weighted by Crippen LogP contribution is 2.29. The summed E-state index contributed by atoms with van der Waals surface area (Å²) < 4.78 is 5.32. The first-order valence-electron chi connectivity index (χ1n) is 7.91. The molecular weight excluding hydrogens is 308 g/mol. The van der Waals surface area contributed by atoms with Crippen LogP contribution in [0.2, 0.25) is 0 Å². The van der Waals surface area contributed by atoms with Crippen LogP contribution < -0.4 is 9.64 Å². The largest absolute Gasteiger partial charge is 0.495 e. The van der Waals surface area contributed by atoms with Crippen LogP contribution in [0.4, 0.5) is 5.69 Å². The molecule has 3 rings (SSSR count). The van der Waals surface area contributed by atoms with Gasteiger partial charge in [-0.3, -0.25) is 14.7 Å². The van der Waals surface area contributed by atoms with Crippen molar-refractivity contribution in [1.82, 2.24) is 15.1 Å². The molecule has 0 atom stereocenters. The number of benzene rings is 1. The topological polar surface area (TPSA) is 78.5 Å². The van der Waals surface area contributed by atoms with Crippen LogP contribution in [0.5, 0.6) is 5.75 Å². The van der Waals surface area contributed by atoms with Gasteiger partial charge in [0.15, 0.2) is 0 Å². The minimum Gasteiger partial charge on any atom is -0.495 e. The Hall–Kier alpha value is -2.83. The molecule has 24 heavy (non-hydrogen) atoms. The second-order valence-corrected chi connectivity index (χ2v) is 5.58. The number of piperazine rings is 1. The summed E-state index contributed by atoms with van der Waals surface area (Å²) >= 11 is 0. The van der Waals surface area contributed by atoms with Crippen molar-refractivity contribution in [3.05, 3.63) is 41.7 Å². The number of nitrogens with zero attached hydrogens (tertiary/aromatic N) is 3. The van der Waals surface area contributed by atoms with Crippen molar-refractivity contribution in [3.8, 4) is 5.75 Å². The van der Waals surface area contributed by atoms with E-state index >= 15 is 0 Å². The maximum atomic E-state index is 12.5. The Morgan fingerprint density at radius 2 is 2.12 bits per heavy atom. The lowest BCUT2D eigenvalue weighted by atomic mass is 10.2. The van der Waals surface area contributed by atoms with Crippen molar-refractivity contribution >= 4 is 17.5 Å². The first-order valence-corrected chi connectivity index (χ1v) is 7.91. The molecule has 1 aliphatic rings. The van der Waals surface area contributed by atoms with Gasteiger partial charge in [0.25, 0.3) is 5.91 Å². The molecule has 2 heterocycles. The van der Waals surface area contributed by atoms with E-state index in [-0.39, 0.29) is 18.4 Å². The number of hydrogen-bond acceptors (Lipinski definition) is 4. The smallest absolute Gasteiger partial charge is 0.274 e. The number of aryl methyl sites for hydroxylation is 1. The van der Waals surface area contributed by atoms with E-state index in [0.717, 1.165) is 17.8 Å². The standard InChI is InChI=1S/C17H20N4O3/c1-3-12-10-13(19-18-12)17(23)20-8-9-21(16(22)11-20)14-6-4-5-7-15(14)24-2/h4-7,10H,3,8-9,11H2,1-2H3,(H,18,19). The van der Waals surface area contributed by atoms with E-state index in [9.17, 15) is 9.59 Å². The quantitative estimate of drug-likeness (QED) is 0.922. The van der Waals surface area contributed by atoms with Gasteiger partial charge in [0.2, 0.25) is 5.91 Å². The van der Waals surface area contributed by atoms with Crippen LogP contribution in [0.25, 0.3) is 0 Å². The number of ether oxygens (including phenoxy) is 1. The molecule has 1 fully saturated rings. The second-order valence-electron chi connectivity index (χ2n) is 5.58. The Morgan fingerprint density at radius 3 is 2.79 bits per heavy atom. The maximum Gasteiger partial charge on any atom is 0.274 e. The average molecular weight is 328 g/mol. The van der Waals surface area contributed by atoms with Gasteiger partial charge < -0.3 is 14.5 Å². The predicted molar refractivity (Wildman–Crippen MR) is 89.2 cm³/mol. The van der Waals surface area contributed by atoms with Gasteiger partial charge in [-0.15, -0.1) is 0 Å². The summed E-state index contributed by atoms with van der Waals surface area (Å²) in [4.78, 5) is 28.2. The Kier molecular flexibility index (Phi) is 4.50. The lowest BCUT2D eigenvalue weighted by Crippen LogP contribution is -2.52. The van der Waals surface area contributed by atoms with Crippen LogP contribution in [0.3, 0.4) is 0 Å². The van der Waals surface area contributed by atoms with Crippen molar-refractivity contribution in [1.29, 1.82) is 0 Å². The SMILES string of the molecule is CCc1cc(C(=O)N2CCN(c3ccccc3OC)C(=O)C2)n[nH]1. The molecule has 0 bridgehead atoms. The number of carbonyl (C=O) groups is 2. The van der Waals surface area contributed by atoms with E-state index in [1.54, 1.807) is 18.1 Å². The number of rotatable bonds is 4. The van der Waals surface area contributed by atoms with Crippen molar-refractivity contribution < 1.29 is 14.3 Å². The van der Waals surface area contributed by atoms with Crippen molar-refractivity contribution in [3.63, 3.8) is 0 Å². The van der Waals surface area contributed by atoms with Gasteiger partial charge in [-0.05, 0) is 24.6 Å². The Morgan fingerprint density at radius 1 is 1.33 bits per heavy atom. The Bertz CT molecular complexity index is 756. The molecule has 0 aliphatic carbocycles. The third-order valence-electron chi connectivity index (χ3n) is 4.11. The van der Waals surface area contributed by atoms with Crippen LogP contribution in [0.1, 0.15) is 23.1 Å². The summed E-state index contributed by atoms with van der Waals surface area (Å²) in [6.07, 6.45) is 0.779. The summed E-state index contributed by atoms with van der Waals surface area (Å²) in [5, 5.41) is 6.86. The van der Waals surface area contributed by atoms with Crippen molar-refractivity contribution in [2.45, 2.75) is 13.3 Å². The second kappa shape index (κ2) is 6.74. The number of H-pyrrole nitrogens is 1. The summed E-state index contributed by atoms with van der Waals surface area (Å²) in [7, 11) is 1.58. The minimum atomic E-state index is -0.223. The number of amides is 2. The molecular formula is C17H20N4O3. The van der Waals surface area contributed by atoms with Crippen LogP contribution in [-0.4, -0.2) is 53.7 Å². The summed E-state index contributed by atoms with van der Waals surface area (Å²) in [6, 6.07) is 9.11. The van der Waals surface area contributed by atoms with Crippen LogP contribution >= 0.6 is 0 Å². The normalized spacial score (nSPS) is 14.8. The molecule has 1 aliphatic heterocycles. The number of para-hydroxylation sites is 2. The molecule has 2 aromatic rings. The van der Waals surface area contributed by atoms with E-state index in [1.807, 2.05) is 31.2 Å². The fourth-order valence-corrected chi connectivity index (χ4v) is 2.77. The highest BCUT2D eigenvalue weighted by molar-refractivity contribution is 6.01. The number of anilines is 1. The van der Waals surface area contributed by atoms with E-state index < -0.39 is 0 Å². The van der Waals surface area contributed by atoms with Crippen LogP contribution in [0.15, 0.2) is 30.3 Å². The monoisotopic (exact) mass is 328 g/mol. The Labute approximate surface area is 140 Å². The Balaban J connectivity index is 1.73. The van der Waals surface area contributed by atoms with Gasteiger partial charge in [0, 0.05) is 18.8 Å². The van der Waals surface area contributed by atoms with E-state index in [2.05, 4.69) is 10.2 Å². The number of aromatic nitrogens is 2. The number of methoxy groups -OCH3 is 1. The molecule has 0 saturated carbocycles. The zero-order valence-electron chi connectivity index (χ0n) is 13.8. The number of nitrogens with one attached hydrogen (secondary N) is 1. The number of aromatic amines is 1. The molecule has 126 valence electrons. The highest BCUT2D eigenvalue weighted by atomic mass is 16.5. The molecule has 0 radical (unpaired) electrons. The number of hydrogen-bond donors (Lipinski definition) is 1. The fourth-order valence-electron chi connectivity index (χ4n) is 2.77. The third kappa shape index (κ3) is 2.97. The van der Waals surface area contributed by atoms with Gasteiger partial charge in [-0.1, -0.05) is 19.1 Å². The molecule has 0 spiro atoms. The summed E-state index contributed by atoms with van der Waals surface area (Å²) in [5.74, 6) is 0.287. The van der Waals surface area contributed by atoms with Gasteiger partial charge >= 0.3 is 0 Å². The first kappa shape index (κ1) is 16.0. The zero-order valence-corrected chi connectivity index (χ0v) is 13.8.